The van der Waals surface area contributed by atoms with E-state index in [-0.39, 0.29) is 30.4 Å². The summed E-state index contributed by atoms with van der Waals surface area (Å²) in [7, 11) is 1.60. The van der Waals surface area contributed by atoms with E-state index in [9.17, 15) is 27.9 Å². The number of benzene rings is 1. The summed E-state index contributed by atoms with van der Waals surface area (Å²) >= 11 is 0. The van der Waals surface area contributed by atoms with Crippen molar-refractivity contribution in [3.05, 3.63) is 69.4 Å². The van der Waals surface area contributed by atoms with Gasteiger partial charge in [0.05, 0.1) is 17.2 Å². The summed E-state index contributed by atoms with van der Waals surface area (Å²) in [5, 5.41) is 10.1. The van der Waals surface area contributed by atoms with E-state index in [0.717, 1.165) is 12.1 Å². The first-order valence-electron chi connectivity index (χ1n) is 14.4. The zero-order valence-corrected chi connectivity index (χ0v) is 24.3. The highest BCUT2D eigenvalue weighted by Crippen LogP contribution is 2.37. The van der Waals surface area contributed by atoms with E-state index < -0.39 is 29.6 Å². The fourth-order valence-corrected chi connectivity index (χ4v) is 6.17. The molecule has 2 fully saturated rings. The minimum Gasteiger partial charge on any atom is -0.391 e. The van der Waals surface area contributed by atoms with Crippen molar-refractivity contribution in [3.63, 3.8) is 0 Å². The van der Waals surface area contributed by atoms with Gasteiger partial charge in [-0.1, -0.05) is 32.6 Å². The molecule has 1 unspecified atom stereocenters. The number of pyridine rings is 1. The van der Waals surface area contributed by atoms with E-state index in [1.807, 2.05) is 23.6 Å². The topological polar surface area (TPSA) is 99.2 Å². The number of hydrogen-bond donors (Lipinski definition) is 1. The van der Waals surface area contributed by atoms with Gasteiger partial charge in [0.2, 0.25) is 11.4 Å². The van der Waals surface area contributed by atoms with Crippen LogP contribution in [0.1, 0.15) is 50.3 Å². The van der Waals surface area contributed by atoms with Gasteiger partial charge in [-0.15, -0.1) is 4.98 Å². The van der Waals surface area contributed by atoms with Crippen LogP contribution in [0.25, 0.3) is 15.9 Å². The lowest BCUT2D eigenvalue weighted by Crippen LogP contribution is -2.61. The number of nitrogens with zero attached hydrogens (tertiary/aromatic N) is 7. The molecular weight excluding hydrogens is 563 g/mol. The predicted octanol–water partition coefficient (Wildman–Crippen LogP) is 3.91. The molecule has 1 aromatic carbocycles. The van der Waals surface area contributed by atoms with Crippen LogP contribution in [-0.2, 0) is 18.0 Å². The molecule has 0 spiro atoms. The first-order valence-corrected chi connectivity index (χ1v) is 14.4. The smallest absolute Gasteiger partial charge is 0.391 e. The minimum absolute atomic E-state index is 0.169. The lowest BCUT2D eigenvalue weighted by molar-refractivity contribution is -0.138. The first-order chi connectivity index (χ1) is 20.5. The number of aliphatic hydroxyl groups excluding tert-OH is 1. The second-order valence-corrected chi connectivity index (χ2v) is 11.1. The van der Waals surface area contributed by atoms with E-state index in [2.05, 4.69) is 14.8 Å². The van der Waals surface area contributed by atoms with E-state index in [0.29, 0.717) is 61.3 Å². The predicted molar refractivity (Wildman–Crippen MR) is 155 cm³/mol. The molecule has 2 aliphatic heterocycles. The number of aryl methyl sites for hydroxylation is 1. The van der Waals surface area contributed by atoms with Crippen LogP contribution in [0.4, 0.5) is 24.8 Å². The van der Waals surface area contributed by atoms with Crippen molar-refractivity contribution in [2.24, 2.45) is 7.05 Å². The Morgan fingerprint density at radius 1 is 1.07 bits per heavy atom. The van der Waals surface area contributed by atoms with Gasteiger partial charge < -0.3 is 19.8 Å². The number of halogens is 3. The third-order valence-electron chi connectivity index (χ3n) is 8.58. The summed E-state index contributed by atoms with van der Waals surface area (Å²) in [4.78, 5) is 44.9. The Balaban J connectivity index is 1.57. The zero-order valence-electron chi connectivity index (χ0n) is 24.3. The van der Waals surface area contributed by atoms with Gasteiger partial charge in [0, 0.05) is 45.3 Å². The van der Waals surface area contributed by atoms with E-state index in [1.165, 1.54) is 16.7 Å². The van der Waals surface area contributed by atoms with Gasteiger partial charge in [-0.3, -0.25) is 14.3 Å². The second kappa shape index (κ2) is 11.9. The maximum Gasteiger partial charge on any atom is 0.416 e. The molecule has 2 aliphatic rings. The first kappa shape index (κ1) is 30.4. The van der Waals surface area contributed by atoms with Crippen LogP contribution in [0.15, 0.2) is 41.2 Å². The van der Waals surface area contributed by atoms with Crippen molar-refractivity contribution in [1.82, 2.24) is 24.3 Å². The normalized spacial score (nSPS) is 22.1. The highest BCUT2D eigenvalue weighted by Gasteiger charge is 2.43. The Morgan fingerprint density at radius 2 is 1.77 bits per heavy atom. The molecule has 4 heterocycles. The molecule has 4 atom stereocenters. The van der Waals surface area contributed by atoms with Gasteiger partial charge in [0.25, 0.3) is 5.82 Å². The summed E-state index contributed by atoms with van der Waals surface area (Å²) in [6.45, 7) is 12.7. The number of likely N-dealkylation sites (tertiary alicyclic amines) is 1. The molecule has 13 heteroatoms. The maximum atomic E-state index is 14.1. The quantitative estimate of drug-likeness (QED) is 0.431. The molecule has 0 saturated carbocycles. The lowest BCUT2D eigenvalue weighted by atomic mass is 9.94. The molecule has 0 bridgehead atoms. The van der Waals surface area contributed by atoms with Crippen LogP contribution in [0.3, 0.4) is 0 Å². The number of carbonyl (C=O) groups is 1. The molecule has 228 valence electrons. The number of alkyl halides is 3. The fraction of sp³-hybridized carbons (Fsp3) is 0.500. The molecule has 0 radical (unpaired) electrons. The average Bonchev–Trinajstić information content (AvgIpc) is 3.44. The average molecular weight is 598 g/mol. The van der Waals surface area contributed by atoms with Crippen molar-refractivity contribution in [2.45, 2.75) is 63.5 Å². The number of fused-ring (bicyclic) bond motifs is 1. The molecule has 2 saturated heterocycles. The Labute approximate surface area is 247 Å². The van der Waals surface area contributed by atoms with Crippen molar-refractivity contribution < 1.29 is 23.1 Å². The standard InChI is InChI=1S/C30H34F3N7O3/c1-5-20-16-40(27-25-23(37(4)29(43)36-27)11-12-24(34-3)35-25)21(6-2)15-39(20)26(28(42)38-14-13-22(41)17-38)18-7-9-19(10-8-18)30(31,32)33/h7-12,20-22,26,41H,5-6,13-17H2,1-2,4H3/t20-,21+,22-,26?/m1/s1. The Kier molecular flexibility index (Phi) is 8.45. The van der Waals surface area contributed by atoms with Crippen LogP contribution in [0.2, 0.25) is 0 Å². The van der Waals surface area contributed by atoms with E-state index in [4.69, 9.17) is 6.57 Å². The van der Waals surface area contributed by atoms with Gasteiger partial charge in [-0.25, -0.2) is 4.79 Å². The van der Waals surface area contributed by atoms with Gasteiger partial charge in [0.15, 0.2) is 5.82 Å². The van der Waals surface area contributed by atoms with Crippen LogP contribution in [-0.4, -0.2) is 79.7 Å². The molecular formula is C30H34F3N7O3. The van der Waals surface area contributed by atoms with Crippen molar-refractivity contribution in [2.75, 3.05) is 31.1 Å². The second-order valence-electron chi connectivity index (χ2n) is 11.1. The number of aliphatic hydroxyl groups is 1. The molecule has 5 rings (SSSR count). The van der Waals surface area contributed by atoms with Crippen molar-refractivity contribution in [3.8, 4) is 0 Å². The monoisotopic (exact) mass is 597 g/mol. The third-order valence-corrected chi connectivity index (χ3v) is 8.58. The van der Waals surface area contributed by atoms with E-state index >= 15 is 0 Å². The molecule has 2 aromatic heterocycles. The summed E-state index contributed by atoms with van der Waals surface area (Å²) in [6.07, 6.45) is -3.50. The highest BCUT2D eigenvalue weighted by atomic mass is 19.4. The molecule has 3 aromatic rings. The van der Waals surface area contributed by atoms with Crippen LogP contribution >= 0.6 is 0 Å². The maximum absolute atomic E-state index is 14.1. The fourth-order valence-electron chi connectivity index (χ4n) is 6.17. The van der Waals surface area contributed by atoms with Gasteiger partial charge in [-0.2, -0.15) is 18.2 Å². The molecule has 0 aliphatic carbocycles. The molecule has 1 amide bonds. The third kappa shape index (κ3) is 5.81. The molecule has 43 heavy (non-hydrogen) atoms. The Bertz CT molecular complexity index is 1600. The van der Waals surface area contributed by atoms with Crippen LogP contribution in [0.5, 0.6) is 0 Å². The number of aromatic nitrogens is 3. The van der Waals surface area contributed by atoms with Crippen LogP contribution < -0.4 is 10.6 Å². The van der Waals surface area contributed by atoms with Crippen molar-refractivity contribution in [1.29, 1.82) is 0 Å². The minimum atomic E-state index is -4.51. The number of anilines is 1. The number of hydrogen-bond acceptors (Lipinski definition) is 7. The summed E-state index contributed by atoms with van der Waals surface area (Å²) in [5.41, 5.74) is 0.159. The van der Waals surface area contributed by atoms with Gasteiger partial charge in [0.1, 0.15) is 6.04 Å². The number of amides is 1. The lowest BCUT2D eigenvalue weighted by Gasteiger charge is -2.49. The Hall–Kier alpha value is -4.02. The molecule has 1 N–H and O–H groups in total. The van der Waals surface area contributed by atoms with Gasteiger partial charge >= 0.3 is 11.9 Å². The largest absolute Gasteiger partial charge is 0.416 e. The number of carbonyl (C=O) groups excluding carboxylic acids is 1. The summed E-state index contributed by atoms with van der Waals surface area (Å²) < 4.78 is 41.5. The molecule has 10 nitrogen and oxygen atoms in total. The number of rotatable bonds is 6. The number of piperazine rings is 1. The summed E-state index contributed by atoms with van der Waals surface area (Å²) in [5.74, 6) is 0.279. The SMILES string of the molecule is [C-]#[N+]c1ccc2c(n1)c(N1C[C@@H](CC)N(C(C(=O)N3CC[C@@H](O)C3)c3ccc(C(F)(F)F)cc3)C[C@@H]1CC)nc(=O)n2C. The van der Waals surface area contributed by atoms with Crippen LogP contribution in [0, 0.1) is 6.57 Å². The van der Waals surface area contributed by atoms with E-state index in [1.54, 1.807) is 24.1 Å². The Morgan fingerprint density at radius 3 is 2.35 bits per heavy atom. The number of β-amino-alcohol motifs (C(OH)–C–C–N with tert-alkyl or cyclic N) is 1. The van der Waals surface area contributed by atoms with Gasteiger partial charge in [-0.05, 0) is 49.1 Å². The zero-order chi connectivity index (χ0) is 31.1. The van der Waals surface area contributed by atoms with Crippen molar-refractivity contribution >= 4 is 28.6 Å². The highest BCUT2D eigenvalue weighted by molar-refractivity contribution is 5.88. The summed E-state index contributed by atoms with van der Waals surface area (Å²) in [6, 6.07) is 6.63.